The minimum absolute atomic E-state index is 0.182. The van der Waals surface area contributed by atoms with E-state index in [0.717, 1.165) is 24.0 Å². The predicted octanol–water partition coefficient (Wildman–Crippen LogP) is 4.98. The molecule has 0 heterocycles. The van der Waals surface area contributed by atoms with Crippen LogP contribution >= 0.6 is 11.6 Å². The van der Waals surface area contributed by atoms with Gasteiger partial charge in [0.1, 0.15) is 0 Å². The quantitative estimate of drug-likeness (QED) is 0.277. The number of carbonyl (C=O) groups excluding carboxylic acids is 2. The molecule has 3 fully saturated rings. The average molecular weight is 456 g/mol. The van der Waals surface area contributed by atoms with Gasteiger partial charge < -0.3 is 9.47 Å². The van der Waals surface area contributed by atoms with E-state index in [4.69, 9.17) is 21.1 Å². The Bertz CT molecular complexity index is 962. The standard InChI is InChI=1S/C26H30ClNO4/c1-17-9-10-19(32-15-18-7-5-4-6-8-18)22-24(2)13-12-21(29)26(27,23(30)31-3)20(24)11-14-25(17,22)16-28/h4-8,19-20,22H,1,9-15H2,2-3H3/t19-,20+,22+,24-,25+,26?/m0/s1. The smallest absolute Gasteiger partial charge is 0.334 e. The first-order valence-corrected chi connectivity index (χ1v) is 11.7. The molecule has 32 heavy (non-hydrogen) atoms. The number of fused-ring (bicyclic) bond motifs is 3. The van der Waals surface area contributed by atoms with Crippen molar-refractivity contribution in [3.8, 4) is 6.07 Å². The van der Waals surface area contributed by atoms with Crippen LogP contribution in [-0.2, 0) is 25.7 Å². The molecule has 170 valence electrons. The van der Waals surface area contributed by atoms with Crippen molar-refractivity contribution in [3.05, 3.63) is 48.0 Å². The van der Waals surface area contributed by atoms with Gasteiger partial charge in [-0.3, -0.25) is 4.79 Å². The van der Waals surface area contributed by atoms with E-state index in [0.29, 0.717) is 25.9 Å². The number of halogens is 1. The molecule has 0 saturated heterocycles. The van der Waals surface area contributed by atoms with E-state index >= 15 is 0 Å². The molecule has 0 aromatic heterocycles. The van der Waals surface area contributed by atoms with Crippen LogP contribution in [0.2, 0.25) is 0 Å². The van der Waals surface area contributed by atoms with Gasteiger partial charge in [-0.15, -0.1) is 0 Å². The van der Waals surface area contributed by atoms with Gasteiger partial charge in [-0.05, 0) is 43.1 Å². The summed E-state index contributed by atoms with van der Waals surface area (Å²) in [5, 5.41) is 10.4. The number of allylic oxidation sites excluding steroid dienone is 1. The van der Waals surface area contributed by atoms with Crippen LogP contribution < -0.4 is 0 Å². The first kappa shape index (κ1) is 23.0. The number of nitriles is 1. The molecule has 3 saturated carbocycles. The predicted molar refractivity (Wildman–Crippen MR) is 121 cm³/mol. The molecular formula is C26H30ClNO4. The minimum Gasteiger partial charge on any atom is -0.467 e. The van der Waals surface area contributed by atoms with Crippen molar-refractivity contribution in [3.63, 3.8) is 0 Å². The van der Waals surface area contributed by atoms with Gasteiger partial charge in [-0.1, -0.05) is 61.0 Å². The third-order valence-electron chi connectivity index (χ3n) is 8.36. The van der Waals surface area contributed by atoms with E-state index in [-0.39, 0.29) is 24.2 Å². The largest absolute Gasteiger partial charge is 0.467 e. The van der Waals surface area contributed by atoms with E-state index in [1.165, 1.54) is 7.11 Å². The Hall–Kier alpha value is -2.16. The Kier molecular flexibility index (Phi) is 5.98. The number of benzene rings is 1. The number of rotatable bonds is 4. The highest BCUT2D eigenvalue weighted by atomic mass is 35.5. The highest BCUT2D eigenvalue weighted by Gasteiger charge is 2.69. The maximum atomic E-state index is 12.9. The number of nitrogens with zero attached hydrogens (tertiary/aromatic N) is 1. The monoisotopic (exact) mass is 455 g/mol. The third-order valence-corrected chi connectivity index (χ3v) is 8.99. The van der Waals surface area contributed by atoms with Crippen molar-refractivity contribution in [2.45, 2.75) is 63.0 Å². The van der Waals surface area contributed by atoms with Crippen LogP contribution in [0.15, 0.2) is 42.5 Å². The molecule has 0 bridgehead atoms. The van der Waals surface area contributed by atoms with Gasteiger partial charge in [-0.2, -0.15) is 5.26 Å². The van der Waals surface area contributed by atoms with Gasteiger partial charge in [0.25, 0.3) is 0 Å². The van der Waals surface area contributed by atoms with Crippen LogP contribution in [0.5, 0.6) is 0 Å². The second-order valence-corrected chi connectivity index (χ2v) is 10.4. The second kappa shape index (κ2) is 8.32. The Morgan fingerprint density at radius 3 is 2.62 bits per heavy atom. The SMILES string of the molecule is C=C1CC[C@H](OCc2ccccc2)[C@@H]2[C@@]3(C)CCC(=O)C(Cl)(C(=O)OC)[C@@H]3CC[C@@]12C#N. The van der Waals surface area contributed by atoms with Gasteiger partial charge in [0.2, 0.25) is 4.87 Å². The number of ether oxygens (including phenoxy) is 2. The molecule has 0 N–H and O–H groups in total. The first-order chi connectivity index (χ1) is 15.2. The van der Waals surface area contributed by atoms with Crippen LogP contribution in [-0.4, -0.2) is 29.8 Å². The number of esters is 1. The molecule has 3 aliphatic carbocycles. The minimum atomic E-state index is -1.72. The Morgan fingerprint density at radius 2 is 1.97 bits per heavy atom. The number of ketones is 1. The molecule has 6 heteroatoms. The van der Waals surface area contributed by atoms with Gasteiger partial charge >= 0.3 is 5.97 Å². The number of methoxy groups -OCH3 is 1. The maximum absolute atomic E-state index is 12.9. The van der Waals surface area contributed by atoms with Crippen molar-refractivity contribution >= 4 is 23.4 Å². The van der Waals surface area contributed by atoms with E-state index in [1.54, 1.807) is 0 Å². The van der Waals surface area contributed by atoms with E-state index in [9.17, 15) is 14.9 Å². The summed E-state index contributed by atoms with van der Waals surface area (Å²) in [6.07, 6.45) is 3.04. The molecular weight excluding hydrogens is 426 g/mol. The van der Waals surface area contributed by atoms with E-state index in [1.807, 2.05) is 30.3 Å². The lowest BCUT2D eigenvalue weighted by atomic mass is 9.41. The molecule has 0 amide bonds. The Labute approximate surface area is 194 Å². The molecule has 1 unspecified atom stereocenters. The van der Waals surface area contributed by atoms with Gasteiger partial charge in [0, 0.05) is 18.3 Å². The molecule has 1 aromatic carbocycles. The van der Waals surface area contributed by atoms with Crippen molar-refractivity contribution in [2.24, 2.45) is 22.7 Å². The Balaban J connectivity index is 1.76. The molecule has 5 nitrogen and oxygen atoms in total. The normalized spacial score (nSPS) is 38.9. The summed E-state index contributed by atoms with van der Waals surface area (Å²) >= 11 is 6.85. The fraction of sp³-hybridized carbons (Fsp3) is 0.577. The fourth-order valence-electron chi connectivity index (χ4n) is 6.79. The topological polar surface area (TPSA) is 76.4 Å². The number of Topliss-reactive ketones (excluding diaryl/α,β-unsaturated/α-hetero) is 1. The number of hydrogen-bond donors (Lipinski definition) is 0. The van der Waals surface area contributed by atoms with E-state index in [2.05, 4.69) is 19.6 Å². The summed E-state index contributed by atoms with van der Waals surface area (Å²) in [7, 11) is 1.27. The summed E-state index contributed by atoms with van der Waals surface area (Å²) in [5.41, 5.74) is 0.707. The molecule has 6 atom stereocenters. The summed E-state index contributed by atoms with van der Waals surface area (Å²) in [4.78, 5) is 24.0. The third kappa shape index (κ3) is 3.23. The van der Waals surface area contributed by atoms with Crippen molar-refractivity contribution in [2.75, 3.05) is 7.11 Å². The molecule has 3 aliphatic rings. The lowest BCUT2D eigenvalue weighted by molar-refractivity contribution is -0.176. The zero-order chi connectivity index (χ0) is 23.1. The molecule has 4 rings (SSSR count). The highest BCUT2D eigenvalue weighted by molar-refractivity contribution is 6.46. The maximum Gasteiger partial charge on any atom is 0.334 e. The summed E-state index contributed by atoms with van der Waals surface area (Å²) in [6.45, 7) is 6.82. The first-order valence-electron chi connectivity index (χ1n) is 11.3. The summed E-state index contributed by atoms with van der Waals surface area (Å²) < 4.78 is 11.5. The molecule has 0 aliphatic heterocycles. The van der Waals surface area contributed by atoms with Crippen LogP contribution in [0.3, 0.4) is 0 Å². The number of alkyl halides is 1. The van der Waals surface area contributed by atoms with Crippen LogP contribution in [0.4, 0.5) is 0 Å². The lowest BCUT2D eigenvalue weighted by Crippen LogP contribution is -2.66. The van der Waals surface area contributed by atoms with Crippen LogP contribution in [0, 0.1) is 34.0 Å². The fourth-order valence-corrected chi connectivity index (χ4v) is 7.32. The zero-order valence-corrected chi connectivity index (χ0v) is 19.5. The second-order valence-electron chi connectivity index (χ2n) is 9.76. The zero-order valence-electron chi connectivity index (χ0n) is 18.7. The lowest BCUT2D eigenvalue weighted by Gasteiger charge is -2.63. The molecule has 1 aromatic rings. The van der Waals surface area contributed by atoms with Crippen LogP contribution in [0.25, 0.3) is 0 Å². The Morgan fingerprint density at radius 1 is 1.25 bits per heavy atom. The highest BCUT2D eigenvalue weighted by Crippen LogP contribution is 2.67. The summed E-state index contributed by atoms with van der Waals surface area (Å²) in [6, 6.07) is 12.6. The van der Waals surface area contributed by atoms with Gasteiger partial charge in [0.15, 0.2) is 5.78 Å². The molecule has 0 spiro atoms. The van der Waals surface area contributed by atoms with Gasteiger partial charge in [-0.25, -0.2) is 4.79 Å². The molecule has 0 radical (unpaired) electrons. The van der Waals surface area contributed by atoms with Gasteiger partial charge in [0.05, 0.1) is 31.3 Å². The number of carbonyl (C=O) groups is 2. The summed E-state index contributed by atoms with van der Waals surface area (Å²) in [5.74, 6) is -1.61. The number of hydrogen-bond acceptors (Lipinski definition) is 5. The van der Waals surface area contributed by atoms with Crippen molar-refractivity contribution in [1.29, 1.82) is 5.26 Å². The average Bonchev–Trinajstić information content (AvgIpc) is 2.81. The van der Waals surface area contributed by atoms with Crippen molar-refractivity contribution in [1.82, 2.24) is 0 Å². The van der Waals surface area contributed by atoms with Crippen molar-refractivity contribution < 1.29 is 19.1 Å². The van der Waals surface area contributed by atoms with E-state index < -0.39 is 27.6 Å². The van der Waals surface area contributed by atoms with Crippen LogP contribution in [0.1, 0.15) is 51.0 Å².